The predicted molar refractivity (Wildman–Crippen MR) is 105 cm³/mol. The molecule has 1 aromatic carbocycles. The molecule has 0 heterocycles. The van der Waals surface area contributed by atoms with Crippen LogP contribution in [0, 0.1) is 5.41 Å². The fourth-order valence-electron chi connectivity index (χ4n) is 2.89. The molecule has 0 aliphatic carbocycles. The Morgan fingerprint density at radius 1 is 1.24 bits per heavy atom. The summed E-state index contributed by atoms with van der Waals surface area (Å²) in [4.78, 5) is 10.9. The number of carbonyl (C=O) groups is 1. The second-order valence-electron chi connectivity index (χ2n) is 7.84. The number of halogens is 2. The van der Waals surface area contributed by atoms with E-state index in [0.717, 1.165) is 12.0 Å². The number of hydrogen-bond donors (Lipinski definition) is 2. The van der Waals surface area contributed by atoms with Crippen LogP contribution in [0.25, 0.3) is 0 Å². The zero-order chi connectivity index (χ0) is 18.5. The first-order valence-corrected chi connectivity index (χ1v) is 8.34. The second-order valence-corrected chi connectivity index (χ2v) is 8.25. The number of hydrogen-bond acceptors (Lipinski definition) is 4. The van der Waals surface area contributed by atoms with Gasteiger partial charge in [0.2, 0.25) is 0 Å². The summed E-state index contributed by atoms with van der Waals surface area (Å²) >= 11 is 6.27. The van der Waals surface area contributed by atoms with Crippen LogP contribution in [0.2, 0.25) is 5.02 Å². The van der Waals surface area contributed by atoms with Gasteiger partial charge in [0.1, 0.15) is 0 Å². The van der Waals surface area contributed by atoms with Crippen molar-refractivity contribution in [2.75, 3.05) is 13.7 Å². The summed E-state index contributed by atoms with van der Waals surface area (Å²) in [6.07, 6.45) is 1.03. The standard InChI is InChI=1S/C18H29ClN2O3.ClH/c1-17(2,3)11-18(4,5)21-9-12-7-13(19)16(14(8-12)23-6)24-10-15(20)22;/h7-8,21H,9-11H2,1-6H3,(H2,20,22);1H. The largest absolute Gasteiger partial charge is 0.493 e. The third-order valence-corrected chi connectivity index (χ3v) is 3.67. The molecular formula is C18H30Cl2N2O3. The van der Waals surface area contributed by atoms with Crippen LogP contribution >= 0.6 is 24.0 Å². The van der Waals surface area contributed by atoms with Gasteiger partial charge in [-0.2, -0.15) is 0 Å². The normalized spacial score (nSPS) is 11.6. The molecule has 0 aromatic heterocycles. The van der Waals surface area contributed by atoms with E-state index in [4.69, 9.17) is 26.8 Å². The maximum atomic E-state index is 10.9. The van der Waals surface area contributed by atoms with Crippen molar-refractivity contribution < 1.29 is 14.3 Å². The Morgan fingerprint density at radius 2 is 1.84 bits per heavy atom. The molecule has 0 radical (unpaired) electrons. The third-order valence-electron chi connectivity index (χ3n) is 3.39. The number of amides is 1. The molecule has 0 spiro atoms. The van der Waals surface area contributed by atoms with Crippen molar-refractivity contribution in [3.8, 4) is 11.5 Å². The second kappa shape index (κ2) is 9.51. The molecular weight excluding hydrogens is 363 g/mol. The maximum absolute atomic E-state index is 10.9. The Labute approximate surface area is 162 Å². The van der Waals surface area contributed by atoms with Crippen molar-refractivity contribution in [3.05, 3.63) is 22.7 Å². The minimum Gasteiger partial charge on any atom is -0.493 e. The number of nitrogens with one attached hydrogen (secondary N) is 1. The molecule has 1 amide bonds. The number of primary amides is 1. The van der Waals surface area contributed by atoms with Gasteiger partial charge in [-0.25, -0.2) is 0 Å². The molecule has 25 heavy (non-hydrogen) atoms. The molecule has 5 nitrogen and oxygen atoms in total. The first-order valence-electron chi connectivity index (χ1n) is 7.96. The minimum atomic E-state index is -0.567. The van der Waals surface area contributed by atoms with E-state index in [1.54, 1.807) is 6.07 Å². The van der Waals surface area contributed by atoms with E-state index in [9.17, 15) is 4.79 Å². The Kier molecular flexibility index (Phi) is 9.06. The van der Waals surface area contributed by atoms with E-state index in [0.29, 0.717) is 23.1 Å². The van der Waals surface area contributed by atoms with Crippen LogP contribution in [0.4, 0.5) is 0 Å². The molecule has 1 rings (SSSR count). The van der Waals surface area contributed by atoms with Crippen LogP contribution in [0.3, 0.4) is 0 Å². The lowest BCUT2D eigenvalue weighted by molar-refractivity contribution is -0.119. The van der Waals surface area contributed by atoms with Gasteiger partial charge in [-0.3, -0.25) is 4.79 Å². The van der Waals surface area contributed by atoms with Gasteiger partial charge >= 0.3 is 0 Å². The molecule has 0 atom stereocenters. The zero-order valence-electron chi connectivity index (χ0n) is 15.9. The summed E-state index contributed by atoms with van der Waals surface area (Å²) in [6.45, 7) is 11.4. The molecule has 144 valence electrons. The Morgan fingerprint density at radius 3 is 2.32 bits per heavy atom. The molecule has 0 saturated carbocycles. The van der Waals surface area contributed by atoms with Crippen LogP contribution < -0.4 is 20.5 Å². The molecule has 7 heteroatoms. The maximum Gasteiger partial charge on any atom is 0.255 e. The summed E-state index contributed by atoms with van der Waals surface area (Å²) in [7, 11) is 1.53. The molecule has 0 bridgehead atoms. The van der Waals surface area contributed by atoms with E-state index >= 15 is 0 Å². The highest BCUT2D eigenvalue weighted by Gasteiger charge is 2.25. The Bertz CT molecular complexity index is 584. The van der Waals surface area contributed by atoms with Crippen LogP contribution in [0.15, 0.2) is 12.1 Å². The van der Waals surface area contributed by atoms with Crippen LogP contribution in [0.1, 0.15) is 46.6 Å². The predicted octanol–water partition coefficient (Wildman–Crippen LogP) is 3.94. The van der Waals surface area contributed by atoms with E-state index in [2.05, 4.69) is 39.9 Å². The first-order chi connectivity index (χ1) is 10.9. The minimum absolute atomic E-state index is 0. The van der Waals surface area contributed by atoms with Gasteiger partial charge in [-0.1, -0.05) is 32.4 Å². The Balaban J connectivity index is 0.00000576. The van der Waals surface area contributed by atoms with Gasteiger partial charge in [-0.05, 0) is 43.4 Å². The highest BCUT2D eigenvalue weighted by atomic mass is 35.5. The fourth-order valence-corrected chi connectivity index (χ4v) is 3.18. The van der Waals surface area contributed by atoms with E-state index < -0.39 is 5.91 Å². The molecule has 0 fully saturated rings. The summed E-state index contributed by atoms with van der Waals surface area (Å²) in [6, 6.07) is 3.66. The number of carbonyl (C=O) groups excluding carboxylic acids is 1. The molecule has 0 aliphatic rings. The van der Waals surface area contributed by atoms with Gasteiger partial charge in [0.15, 0.2) is 18.1 Å². The van der Waals surface area contributed by atoms with Gasteiger partial charge in [0.05, 0.1) is 12.1 Å². The van der Waals surface area contributed by atoms with Crippen molar-refractivity contribution in [3.63, 3.8) is 0 Å². The van der Waals surface area contributed by atoms with E-state index in [-0.39, 0.29) is 30.0 Å². The van der Waals surface area contributed by atoms with Crippen molar-refractivity contribution in [2.45, 2.75) is 53.1 Å². The lowest BCUT2D eigenvalue weighted by atomic mass is 9.82. The number of ether oxygens (including phenoxy) is 2. The highest BCUT2D eigenvalue weighted by Crippen LogP contribution is 2.36. The van der Waals surface area contributed by atoms with Crippen LogP contribution in [0.5, 0.6) is 11.5 Å². The van der Waals surface area contributed by atoms with Gasteiger partial charge in [0.25, 0.3) is 5.91 Å². The molecule has 3 N–H and O–H groups in total. The zero-order valence-corrected chi connectivity index (χ0v) is 17.4. The Hall–Kier alpha value is -1.17. The lowest BCUT2D eigenvalue weighted by Gasteiger charge is -2.33. The average Bonchev–Trinajstić information content (AvgIpc) is 2.40. The van der Waals surface area contributed by atoms with Crippen molar-refractivity contribution in [1.29, 1.82) is 0 Å². The first kappa shape index (κ1) is 23.8. The summed E-state index contributed by atoms with van der Waals surface area (Å²) < 4.78 is 10.7. The number of rotatable bonds is 8. The van der Waals surface area contributed by atoms with Crippen LogP contribution in [-0.2, 0) is 11.3 Å². The number of methoxy groups -OCH3 is 1. The molecule has 1 aromatic rings. The molecule has 0 aliphatic heterocycles. The average molecular weight is 393 g/mol. The number of nitrogens with two attached hydrogens (primary N) is 1. The molecule has 0 unspecified atom stereocenters. The molecule has 0 saturated heterocycles. The summed E-state index contributed by atoms with van der Waals surface area (Å²) in [5.41, 5.74) is 6.30. The van der Waals surface area contributed by atoms with E-state index in [1.165, 1.54) is 7.11 Å². The smallest absolute Gasteiger partial charge is 0.255 e. The van der Waals surface area contributed by atoms with Gasteiger partial charge < -0.3 is 20.5 Å². The quantitative estimate of drug-likeness (QED) is 0.702. The van der Waals surface area contributed by atoms with Gasteiger partial charge in [-0.15, -0.1) is 12.4 Å². The SMILES string of the molecule is COc1cc(CNC(C)(C)CC(C)(C)C)cc(Cl)c1OCC(N)=O.Cl. The highest BCUT2D eigenvalue weighted by molar-refractivity contribution is 6.32. The van der Waals surface area contributed by atoms with Crippen molar-refractivity contribution >= 4 is 29.9 Å². The fraction of sp³-hybridized carbons (Fsp3) is 0.611. The van der Waals surface area contributed by atoms with Crippen molar-refractivity contribution in [2.24, 2.45) is 11.1 Å². The third kappa shape index (κ3) is 8.66. The topological polar surface area (TPSA) is 73.6 Å². The summed E-state index contributed by atoms with van der Waals surface area (Å²) in [5.74, 6) is 0.243. The summed E-state index contributed by atoms with van der Waals surface area (Å²) in [5, 5.41) is 3.94. The van der Waals surface area contributed by atoms with Crippen LogP contribution in [-0.4, -0.2) is 25.2 Å². The van der Waals surface area contributed by atoms with Crippen molar-refractivity contribution in [1.82, 2.24) is 5.32 Å². The number of benzene rings is 1. The van der Waals surface area contributed by atoms with Gasteiger partial charge in [0, 0.05) is 12.1 Å². The monoisotopic (exact) mass is 392 g/mol. The lowest BCUT2D eigenvalue weighted by Crippen LogP contribution is -2.41. The van der Waals surface area contributed by atoms with E-state index in [1.807, 2.05) is 6.07 Å².